The van der Waals surface area contributed by atoms with Crippen LogP contribution in [0.2, 0.25) is 5.15 Å². The molecule has 0 unspecified atom stereocenters. The van der Waals surface area contributed by atoms with E-state index in [9.17, 15) is 0 Å². The van der Waals surface area contributed by atoms with Crippen molar-refractivity contribution in [3.05, 3.63) is 23.0 Å². The highest BCUT2D eigenvalue weighted by Crippen LogP contribution is 2.36. The minimum Gasteiger partial charge on any atom is -0.399 e. The maximum absolute atomic E-state index is 9.09. The minimum atomic E-state index is -0.592. The van der Waals surface area contributed by atoms with Crippen molar-refractivity contribution in [3.8, 4) is 6.07 Å². The van der Waals surface area contributed by atoms with Gasteiger partial charge >= 0.3 is 7.12 Å². The fraction of sp³-hybridized carbons (Fsp3) is 0.500. The first-order valence-corrected chi connectivity index (χ1v) is 6.06. The van der Waals surface area contributed by atoms with Crippen LogP contribution in [0.25, 0.3) is 0 Å². The molecule has 2 rings (SSSR count). The minimum absolute atomic E-state index is 0.318. The van der Waals surface area contributed by atoms with Gasteiger partial charge in [-0.3, -0.25) is 0 Å². The molecular formula is C12H14BClN2O2. The van der Waals surface area contributed by atoms with Crippen molar-refractivity contribution in [1.29, 1.82) is 5.26 Å². The van der Waals surface area contributed by atoms with Crippen LogP contribution in [0.4, 0.5) is 0 Å². The second-order valence-corrected chi connectivity index (χ2v) is 5.68. The number of halogens is 1. The van der Waals surface area contributed by atoms with E-state index in [2.05, 4.69) is 11.1 Å². The molecule has 0 bridgehead atoms. The Morgan fingerprint density at radius 3 is 2.33 bits per heavy atom. The van der Waals surface area contributed by atoms with Gasteiger partial charge < -0.3 is 9.31 Å². The van der Waals surface area contributed by atoms with Gasteiger partial charge in [0.25, 0.3) is 0 Å². The van der Waals surface area contributed by atoms with Crippen LogP contribution in [0.15, 0.2) is 12.3 Å². The van der Waals surface area contributed by atoms with E-state index in [0.29, 0.717) is 16.2 Å². The lowest BCUT2D eigenvalue weighted by Gasteiger charge is -2.32. The van der Waals surface area contributed by atoms with Gasteiger partial charge in [-0.25, -0.2) is 4.98 Å². The van der Waals surface area contributed by atoms with Crippen LogP contribution in [-0.2, 0) is 9.31 Å². The third-order valence-electron chi connectivity index (χ3n) is 3.53. The summed E-state index contributed by atoms with van der Waals surface area (Å²) < 4.78 is 11.8. The second-order valence-electron chi connectivity index (χ2n) is 5.29. The Labute approximate surface area is 112 Å². The zero-order chi connectivity index (χ0) is 13.6. The summed E-state index contributed by atoms with van der Waals surface area (Å²) in [5.74, 6) is 0. The van der Waals surface area contributed by atoms with E-state index in [1.165, 1.54) is 6.20 Å². The molecule has 18 heavy (non-hydrogen) atoms. The Morgan fingerprint density at radius 2 is 1.83 bits per heavy atom. The number of aromatic nitrogens is 1. The Morgan fingerprint density at radius 1 is 1.28 bits per heavy atom. The SMILES string of the molecule is CC1(C)OB(c2cc(Cl)ncc2C#N)OC1(C)C. The molecule has 0 N–H and O–H groups in total. The number of rotatable bonds is 1. The monoisotopic (exact) mass is 264 g/mol. The summed E-state index contributed by atoms with van der Waals surface area (Å²) in [4.78, 5) is 3.89. The van der Waals surface area contributed by atoms with E-state index in [0.717, 1.165) is 0 Å². The molecule has 0 aliphatic carbocycles. The van der Waals surface area contributed by atoms with Gasteiger partial charge in [0.2, 0.25) is 0 Å². The van der Waals surface area contributed by atoms with Gasteiger partial charge in [0.05, 0.1) is 16.8 Å². The van der Waals surface area contributed by atoms with Crippen molar-refractivity contribution in [2.45, 2.75) is 38.9 Å². The van der Waals surface area contributed by atoms with Crippen molar-refractivity contribution >= 4 is 24.2 Å². The predicted octanol–water partition coefficient (Wildman–Crippen LogP) is 1.91. The van der Waals surface area contributed by atoms with E-state index < -0.39 is 18.3 Å². The van der Waals surface area contributed by atoms with Gasteiger partial charge in [-0.1, -0.05) is 11.6 Å². The van der Waals surface area contributed by atoms with Crippen molar-refractivity contribution in [2.75, 3.05) is 0 Å². The topological polar surface area (TPSA) is 55.1 Å². The van der Waals surface area contributed by atoms with Crippen molar-refractivity contribution in [3.63, 3.8) is 0 Å². The first kappa shape index (κ1) is 13.3. The standard InChI is InChI=1S/C12H14BClN2O2/c1-11(2)12(3,4)18-13(17-11)9-5-10(14)16-7-8(9)6-15/h5,7H,1-4H3. The molecule has 2 heterocycles. The van der Waals surface area contributed by atoms with Crippen LogP contribution >= 0.6 is 11.6 Å². The highest BCUT2D eigenvalue weighted by Gasteiger charge is 2.52. The van der Waals surface area contributed by atoms with Crippen LogP contribution in [-0.4, -0.2) is 23.3 Å². The summed E-state index contributed by atoms with van der Waals surface area (Å²) in [7, 11) is -0.592. The number of pyridine rings is 1. The van der Waals surface area contributed by atoms with Crippen molar-refractivity contribution < 1.29 is 9.31 Å². The molecule has 0 spiro atoms. The van der Waals surface area contributed by atoms with Gasteiger partial charge in [0, 0.05) is 11.7 Å². The maximum atomic E-state index is 9.09. The zero-order valence-corrected chi connectivity index (χ0v) is 11.6. The average molecular weight is 265 g/mol. The molecule has 1 fully saturated rings. The molecule has 1 aromatic rings. The van der Waals surface area contributed by atoms with Gasteiger partial charge in [0.15, 0.2) is 0 Å². The van der Waals surface area contributed by atoms with Gasteiger partial charge in [0.1, 0.15) is 11.2 Å². The maximum Gasteiger partial charge on any atom is 0.496 e. The zero-order valence-electron chi connectivity index (χ0n) is 10.8. The van der Waals surface area contributed by atoms with Crippen LogP contribution in [0, 0.1) is 11.3 Å². The highest BCUT2D eigenvalue weighted by molar-refractivity contribution is 6.63. The molecule has 1 aromatic heterocycles. The lowest BCUT2D eigenvalue weighted by atomic mass is 9.77. The molecular weight excluding hydrogens is 250 g/mol. The fourth-order valence-electron chi connectivity index (χ4n) is 1.70. The third kappa shape index (κ3) is 2.12. The quantitative estimate of drug-likeness (QED) is 0.574. The van der Waals surface area contributed by atoms with Crippen LogP contribution < -0.4 is 5.46 Å². The highest BCUT2D eigenvalue weighted by atomic mass is 35.5. The lowest BCUT2D eigenvalue weighted by molar-refractivity contribution is 0.00578. The summed E-state index contributed by atoms with van der Waals surface area (Å²) in [5, 5.41) is 9.40. The molecule has 6 heteroatoms. The molecule has 0 atom stereocenters. The predicted molar refractivity (Wildman–Crippen MR) is 69.7 cm³/mol. The largest absolute Gasteiger partial charge is 0.496 e. The van der Waals surface area contributed by atoms with Gasteiger partial charge in [-0.15, -0.1) is 0 Å². The van der Waals surface area contributed by atoms with Crippen LogP contribution in [0.1, 0.15) is 33.3 Å². The summed E-state index contributed by atoms with van der Waals surface area (Å²) >= 11 is 5.86. The van der Waals surface area contributed by atoms with E-state index in [1.54, 1.807) is 6.07 Å². The number of nitriles is 1. The summed E-state index contributed by atoms with van der Waals surface area (Å²) in [6, 6.07) is 3.69. The summed E-state index contributed by atoms with van der Waals surface area (Å²) in [5.41, 5.74) is 0.148. The molecule has 1 aliphatic rings. The Hall–Kier alpha value is -1.09. The molecule has 4 nitrogen and oxygen atoms in total. The fourth-order valence-corrected chi connectivity index (χ4v) is 1.87. The Bertz CT molecular complexity index is 509. The van der Waals surface area contributed by atoms with Crippen LogP contribution in [0.5, 0.6) is 0 Å². The molecule has 94 valence electrons. The van der Waals surface area contributed by atoms with E-state index in [1.807, 2.05) is 27.7 Å². The molecule has 0 aromatic carbocycles. The van der Waals surface area contributed by atoms with E-state index >= 15 is 0 Å². The number of nitrogens with zero attached hydrogens (tertiary/aromatic N) is 2. The summed E-state index contributed by atoms with van der Waals surface area (Å²) in [6.45, 7) is 7.84. The summed E-state index contributed by atoms with van der Waals surface area (Å²) in [6.07, 6.45) is 1.43. The Kier molecular flexibility index (Phi) is 3.14. The molecule has 0 saturated carbocycles. The molecule has 0 radical (unpaired) electrons. The van der Waals surface area contributed by atoms with E-state index in [4.69, 9.17) is 26.2 Å². The third-order valence-corrected chi connectivity index (χ3v) is 3.74. The number of hydrogen-bond donors (Lipinski definition) is 0. The van der Waals surface area contributed by atoms with Gasteiger partial charge in [-0.05, 0) is 33.8 Å². The van der Waals surface area contributed by atoms with Crippen molar-refractivity contribution in [2.24, 2.45) is 0 Å². The lowest BCUT2D eigenvalue weighted by Crippen LogP contribution is -2.41. The normalized spacial score (nSPS) is 20.8. The first-order valence-electron chi connectivity index (χ1n) is 5.68. The smallest absolute Gasteiger partial charge is 0.399 e. The van der Waals surface area contributed by atoms with E-state index in [-0.39, 0.29) is 0 Å². The van der Waals surface area contributed by atoms with Gasteiger partial charge in [-0.2, -0.15) is 5.26 Å². The molecule has 0 amide bonds. The van der Waals surface area contributed by atoms with Crippen LogP contribution in [0.3, 0.4) is 0 Å². The number of hydrogen-bond acceptors (Lipinski definition) is 4. The first-order chi connectivity index (χ1) is 8.27. The molecule has 1 aliphatic heterocycles. The second kappa shape index (κ2) is 4.23. The Balaban J connectivity index is 2.41. The average Bonchev–Trinajstić information content (AvgIpc) is 2.48. The molecule has 1 saturated heterocycles. The van der Waals surface area contributed by atoms with Crippen molar-refractivity contribution in [1.82, 2.24) is 4.98 Å².